The van der Waals surface area contributed by atoms with Crippen LogP contribution in [0.4, 0.5) is 0 Å². The number of hydrogen-bond acceptors (Lipinski definition) is 5. The van der Waals surface area contributed by atoms with E-state index in [1.807, 2.05) is 24.4 Å². The molecule has 0 radical (unpaired) electrons. The minimum absolute atomic E-state index is 0.0642. The summed E-state index contributed by atoms with van der Waals surface area (Å²) in [5.41, 5.74) is 4.57. The van der Waals surface area contributed by atoms with Gasteiger partial charge in [0.1, 0.15) is 4.83 Å². The highest BCUT2D eigenvalue weighted by Gasteiger charge is 2.14. The summed E-state index contributed by atoms with van der Waals surface area (Å²) in [6.07, 6.45) is 2.38. The Labute approximate surface area is 191 Å². The Morgan fingerprint density at radius 2 is 1.81 bits per heavy atom. The second-order valence-corrected chi connectivity index (χ2v) is 8.97. The number of aromatic nitrogens is 2. The number of carbonyl (C=O) groups is 1. The molecule has 6 heteroatoms. The van der Waals surface area contributed by atoms with Gasteiger partial charge in [-0.3, -0.25) is 9.36 Å². The SMILES string of the molecule is CCCOC(=O)c1ccc(Cn2cnc3scc(-c4ccc(C(C)C)cc4)c3c2=O)cc1. The van der Waals surface area contributed by atoms with E-state index in [0.29, 0.717) is 30.0 Å². The molecule has 0 unspecified atom stereocenters. The average molecular weight is 447 g/mol. The Hall–Kier alpha value is -3.25. The number of esters is 1. The van der Waals surface area contributed by atoms with E-state index >= 15 is 0 Å². The normalized spacial score (nSPS) is 11.2. The predicted octanol–water partition coefficient (Wildman–Crippen LogP) is 5.86. The molecule has 0 saturated heterocycles. The predicted molar refractivity (Wildman–Crippen MR) is 130 cm³/mol. The first-order valence-electron chi connectivity index (χ1n) is 10.8. The molecular weight excluding hydrogens is 420 g/mol. The van der Waals surface area contributed by atoms with Crippen LogP contribution < -0.4 is 5.56 Å². The Morgan fingerprint density at radius 1 is 1.09 bits per heavy atom. The second kappa shape index (κ2) is 9.49. The smallest absolute Gasteiger partial charge is 0.338 e. The van der Waals surface area contributed by atoms with Crippen molar-refractivity contribution in [2.75, 3.05) is 6.61 Å². The Balaban J connectivity index is 1.62. The number of nitrogens with zero attached hydrogens (tertiary/aromatic N) is 2. The Bertz CT molecular complexity index is 1290. The van der Waals surface area contributed by atoms with Crippen LogP contribution in [0.1, 0.15) is 54.6 Å². The van der Waals surface area contributed by atoms with Gasteiger partial charge in [0.25, 0.3) is 5.56 Å². The summed E-state index contributed by atoms with van der Waals surface area (Å²) in [4.78, 5) is 30.6. The molecule has 0 aliphatic rings. The van der Waals surface area contributed by atoms with Crippen LogP contribution in [0.2, 0.25) is 0 Å². The lowest BCUT2D eigenvalue weighted by Crippen LogP contribution is -2.21. The van der Waals surface area contributed by atoms with Crippen LogP contribution in [-0.4, -0.2) is 22.1 Å². The highest BCUT2D eigenvalue weighted by molar-refractivity contribution is 7.17. The zero-order chi connectivity index (χ0) is 22.7. The standard InChI is InChI=1S/C26H26N2O3S/c1-4-13-31-26(30)21-7-5-18(6-8-21)14-28-16-27-24-23(25(28)29)22(15-32-24)20-11-9-19(10-12-20)17(2)3/h5-12,15-17H,4,13-14H2,1-3H3. The van der Waals surface area contributed by atoms with E-state index in [1.54, 1.807) is 23.0 Å². The number of hydrogen-bond donors (Lipinski definition) is 0. The van der Waals surface area contributed by atoms with Crippen LogP contribution in [0.5, 0.6) is 0 Å². The highest BCUT2D eigenvalue weighted by Crippen LogP contribution is 2.31. The number of fused-ring (bicyclic) bond motifs is 1. The summed E-state index contributed by atoms with van der Waals surface area (Å²) in [6, 6.07) is 15.5. The van der Waals surface area contributed by atoms with E-state index in [-0.39, 0.29) is 11.5 Å². The maximum absolute atomic E-state index is 13.3. The van der Waals surface area contributed by atoms with Gasteiger partial charge in [0.05, 0.1) is 30.4 Å². The van der Waals surface area contributed by atoms with Crippen molar-refractivity contribution in [1.29, 1.82) is 0 Å². The molecule has 0 N–H and O–H groups in total. The molecule has 0 amide bonds. The first-order valence-corrected chi connectivity index (χ1v) is 11.7. The molecule has 5 nitrogen and oxygen atoms in total. The Morgan fingerprint density at radius 3 is 2.47 bits per heavy atom. The van der Waals surface area contributed by atoms with Gasteiger partial charge in [-0.1, -0.05) is 57.2 Å². The summed E-state index contributed by atoms with van der Waals surface area (Å²) < 4.78 is 6.78. The van der Waals surface area contributed by atoms with Crippen LogP contribution in [-0.2, 0) is 11.3 Å². The second-order valence-electron chi connectivity index (χ2n) is 8.12. The molecule has 0 aliphatic carbocycles. The molecule has 0 bridgehead atoms. The lowest BCUT2D eigenvalue weighted by Gasteiger charge is -2.09. The molecule has 0 fully saturated rings. The molecule has 164 valence electrons. The van der Waals surface area contributed by atoms with Crippen molar-refractivity contribution < 1.29 is 9.53 Å². The van der Waals surface area contributed by atoms with Gasteiger partial charge in [0.15, 0.2) is 0 Å². The van der Waals surface area contributed by atoms with E-state index in [9.17, 15) is 9.59 Å². The van der Waals surface area contributed by atoms with Gasteiger partial charge in [-0.25, -0.2) is 9.78 Å². The first-order chi connectivity index (χ1) is 15.5. The molecule has 0 atom stereocenters. The fraction of sp³-hybridized carbons (Fsp3) is 0.269. The molecule has 0 saturated carbocycles. The van der Waals surface area contributed by atoms with E-state index in [0.717, 1.165) is 27.9 Å². The van der Waals surface area contributed by atoms with E-state index in [4.69, 9.17) is 4.74 Å². The molecule has 2 aromatic carbocycles. The van der Waals surface area contributed by atoms with Gasteiger partial charge in [-0.2, -0.15) is 0 Å². The summed E-state index contributed by atoms with van der Waals surface area (Å²) in [5, 5.41) is 2.65. The molecular formula is C26H26N2O3S. The summed E-state index contributed by atoms with van der Waals surface area (Å²) in [7, 11) is 0. The fourth-order valence-electron chi connectivity index (χ4n) is 3.56. The number of benzene rings is 2. The molecule has 0 spiro atoms. The van der Waals surface area contributed by atoms with Gasteiger partial charge in [-0.05, 0) is 41.2 Å². The topological polar surface area (TPSA) is 61.2 Å². The van der Waals surface area contributed by atoms with Crippen molar-refractivity contribution >= 4 is 27.5 Å². The van der Waals surface area contributed by atoms with Gasteiger partial charge in [0.2, 0.25) is 0 Å². The molecule has 4 rings (SSSR count). The van der Waals surface area contributed by atoms with Crippen LogP contribution in [0, 0.1) is 0 Å². The third kappa shape index (κ3) is 4.50. The van der Waals surface area contributed by atoms with Crippen molar-refractivity contribution in [2.45, 2.75) is 39.7 Å². The third-order valence-electron chi connectivity index (χ3n) is 5.43. The number of rotatable bonds is 7. The molecule has 4 aromatic rings. The zero-order valence-corrected chi connectivity index (χ0v) is 19.3. The van der Waals surface area contributed by atoms with Crippen molar-refractivity contribution in [3.05, 3.63) is 87.3 Å². The first kappa shape index (κ1) is 22.0. The number of thiophene rings is 1. The van der Waals surface area contributed by atoms with E-state index in [1.165, 1.54) is 16.9 Å². The maximum atomic E-state index is 13.3. The van der Waals surface area contributed by atoms with E-state index < -0.39 is 0 Å². The van der Waals surface area contributed by atoms with Crippen molar-refractivity contribution in [3.8, 4) is 11.1 Å². The maximum Gasteiger partial charge on any atom is 0.338 e. The minimum atomic E-state index is -0.329. The van der Waals surface area contributed by atoms with Crippen LogP contribution >= 0.6 is 11.3 Å². The van der Waals surface area contributed by atoms with Crippen molar-refractivity contribution in [1.82, 2.24) is 9.55 Å². The summed E-state index contributed by atoms with van der Waals surface area (Å²) >= 11 is 1.48. The van der Waals surface area contributed by atoms with Crippen molar-refractivity contribution in [2.24, 2.45) is 0 Å². The highest BCUT2D eigenvalue weighted by atomic mass is 32.1. The molecule has 0 aliphatic heterocycles. The quantitative estimate of drug-likeness (QED) is 0.333. The molecule has 2 aromatic heterocycles. The van der Waals surface area contributed by atoms with Gasteiger partial charge < -0.3 is 4.74 Å². The lowest BCUT2D eigenvalue weighted by atomic mass is 9.99. The monoisotopic (exact) mass is 446 g/mol. The zero-order valence-electron chi connectivity index (χ0n) is 18.5. The molecule has 32 heavy (non-hydrogen) atoms. The average Bonchev–Trinajstić information content (AvgIpc) is 3.25. The lowest BCUT2D eigenvalue weighted by molar-refractivity contribution is 0.0505. The van der Waals surface area contributed by atoms with E-state index in [2.05, 4.69) is 43.1 Å². The largest absolute Gasteiger partial charge is 0.462 e. The summed E-state index contributed by atoms with van der Waals surface area (Å²) in [6.45, 7) is 7.08. The number of ether oxygens (including phenoxy) is 1. The summed E-state index contributed by atoms with van der Waals surface area (Å²) in [5.74, 6) is 0.132. The van der Waals surface area contributed by atoms with Crippen LogP contribution in [0.25, 0.3) is 21.3 Å². The fourth-order valence-corrected chi connectivity index (χ4v) is 4.47. The third-order valence-corrected chi connectivity index (χ3v) is 6.32. The van der Waals surface area contributed by atoms with Crippen molar-refractivity contribution in [3.63, 3.8) is 0 Å². The minimum Gasteiger partial charge on any atom is -0.462 e. The van der Waals surface area contributed by atoms with Gasteiger partial charge in [-0.15, -0.1) is 11.3 Å². The van der Waals surface area contributed by atoms with Gasteiger partial charge >= 0.3 is 5.97 Å². The molecule has 2 heterocycles. The van der Waals surface area contributed by atoms with Crippen LogP contribution in [0.3, 0.4) is 0 Å². The number of carbonyl (C=O) groups excluding carboxylic acids is 1. The van der Waals surface area contributed by atoms with Crippen LogP contribution in [0.15, 0.2) is 65.0 Å². The Kier molecular flexibility index (Phi) is 6.51. The van der Waals surface area contributed by atoms with Gasteiger partial charge in [0, 0.05) is 10.9 Å².